The minimum Gasteiger partial charge on any atom is -0.287 e. The van der Waals surface area contributed by atoms with Gasteiger partial charge < -0.3 is 0 Å². The van der Waals surface area contributed by atoms with Gasteiger partial charge in [0.2, 0.25) is 5.78 Å². The van der Waals surface area contributed by atoms with Crippen LogP contribution in [0.4, 0.5) is 0 Å². The van der Waals surface area contributed by atoms with Crippen molar-refractivity contribution in [1.82, 2.24) is 0 Å². The molecule has 0 aliphatic carbocycles. The molecule has 1 nitrogen and oxygen atoms in total. The zero-order valence-electron chi connectivity index (χ0n) is 8.82. The lowest BCUT2D eigenvalue weighted by Gasteiger charge is -1.90. The number of hydrogen-bond acceptors (Lipinski definition) is 4. The molecule has 0 aromatic carbocycles. The molecule has 0 aliphatic heterocycles. The molecule has 0 fully saturated rings. The molecule has 5 heteroatoms. The Hall–Kier alpha value is -0.680. The van der Waals surface area contributed by atoms with E-state index in [0.717, 1.165) is 15.3 Å². The van der Waals surface area contributed by atoms with Crippen LogP contribution >= 0.6 is 45.6 Å². The Morgan fingerprint density at radius 3 is 2.59 bits per heavy atom. The first-order valence-corrected chi connectivity index (χ1v) is 7.82. The number of thiophene rings is 3. The Bertz CT molecular complexity index is 656. The van der Waals surface area contributed by atoms with E-state index < -0.39 is 0 Å². The minimum atomic E-state index is 0.0819. The monoisotopic (exact) mass is 298 g/mol. The first kappa shape index (κ1) is 11.4. The zero-order chi connectivity index (χ0) is 12.0. The van der Waals surface area contributed by atoms with Crippen LogP contribution in [0.1, 0.15) is 20.1 Å². The molecule has 3 aromatic heterocycles. The molecule has 0 radical (unpaired) electrons. The second-order valence-corrected chi connectivity index (χ2v) is 7.34. The van der Waals surface area contributed by atoms with Gasteiger partial charge in [-0.25, -0.2) is 0 Å². The van der Waals surface area contributed by atoms with Gasteiger partial charge in [-0.15, -0.1) is 34.0 Å². The Morgan fingerprint density at radius 2 is 1.94 bits per heavy atom. The number of aryl methyl sites for hydroxylation is 1. The topological polar surface area (TPSA) is 17.1 Å². The molecule has 0 atom stereocenters. The first-order valence-electron chi connectivity index (χ1n) is 4.93. The van der Waals surface area contributed by atoms with Gasteiger partial charge in [0, 0.05) is 9.40 Å². The Balaban J connectivity index is 2.04. The van der Waals surface area contributed by atoms with Gasteiger partial charge >= 0.3 is 0 Å². The van der Waals surface area contributed by atoms with Crippen molar-refractivity contribution >= 4 is 60.8 Å². The van der Waals surface area contributed by atoms with E-state index in [1.807, 2.05) is 30.5 Å². The van der Waals surface area contributed by atoms with Crippen molar-refractivity contribution in [3.63, 3.8) is 0 Å². The fraction of sp³-hybridized carbons (Fsp3) is 0.0833. The number of carbonyl (C=O) groups is 1. The van der Waals surface area contributed by atoms with Gasteiger partial charge in [-0.05, 0) is 36.1 Å². The number of carbonyl (C=O) groups excluding carboxylic acids is 1. The average molecular weight is 299 g/mol. The van der Waals surface area contributed by atoms with Crippen molar-refractivity contribution in [2.24, 2.45) is 0 Å². The van der Waals surface area contributed by atoms with Gasteiger partial charge in [-0.1, -0.05) is 11.6 Å². The van der Waals surface area contributed by atoms with Gasteiger partial charge in [0.25, 0.3) is 0 Å². The van der Waals surface area contributed by atoms with Crippen LogP contribution in [0.3, 0.4) is 0 Å². The fourth-order valence-electron chi connectivity index (χ4n) is 1.57. The predicted octanol–water partition coefficient (Wildman–Crippen LogP) is 5.22. The molecule has 0 saturated carbocycles. The van der Waals surface area contributed by atoms with Crippen LogP contribution < -0.4 is 0 Å². The van der Waals surface area contributed by atoms with Crippen molar-refractivity contribution in [2.75, 3.05) is 0 Å². The van der Waals surface area contributed by atoms with Crippen LogP contribution in [0.25, 0.3) is 9.40 Å². The van der Waals surface area contributed by atoms with E-state index in [-0.39, 0.29) is 5.78 Å². The molecule has 3 aromatic rings. The van der Waals surface area contributed by atoms with E-state index in [9.17, 15) is 4.79 Å². The van der Waals surface area contributed by atoms with Crippen LogP contribution in [-0.2, 0) is 0 Å². The lowest BCUT2D eigenvalue weighted by atomic mass is 10.2. The summed E-state index contributed by atoms with van der Waals surface area (Å²) in [6, 6.07) is 5.88. The second kappa shape index (κ2) is 4.21. The maximum atomic E-state index is 12.2. The third kappa shape index (κ3) is 1.95. The zero-order valence-corrected chi connectivity index (χ0v) is 12.0. The lowest BCUT2D eigenvalue weighted by molar-refractivity contribution is 0.104. The van der Waals surface area contributed by atoms with Crippen LogP contribution in [-0.4, -0.2) is 5.78 Å². The van der Waals surface area contributed by atoms with Gasteiger partial charge in [0.1, 0.15) is 0 Å². The molecular formula is C12H7ClOS3. The fourth-order valence-corrected chi connectivity index (χ4v) is 4.85. The highest BCUT2D eigenvalue weighted by Crippen LogP contribution is 2.34. The highest BCUT2D eigenvalue weighted by Gasteiger charge is 2.16. The summed E-state index contributed by atoms with van der Waals surface area (Å²) in [5.74, 6) is 0.0819. The van der Waals surface area contributed by atoms with Crippen LogP contribution in [0.5, 0.6) is 0 Å². The Morgan fingerprint density at radius 1 is 1.18 bits per heavy atom. The van der Waals surface area contributed by atoms with Gasteiger partial charge in [-0.3, -0.25) is 4.79 Å². The molecule has 3 rings (SSSR count). The molecule has 0 aliphatic rings. The number of rotatable bonds is 2. The third-order valence-corrected chi connectivity index (χ3v) is 6.09. The third-order valence-electron chi connectivity index (χ3n) is 2.44. The van der Waals surface area contributed by atoms with Crippen molar-refractivity contribution in [3.8, 4) is 0 Å². The van der Waals surface area contributed by atoms with Gasteiger partial charge in [0.15, 0.2) is 0 Å². The van der Waals surface area contributed by atoms with Crippen molar-refractivity contribution in [3.05, 3.63) is 43.2 Å². The van der Waals surface area contributed by atoms with E-state index in [1.54, 1.807) is 22.7 Å². The quantitative estimate of drug-likeness (QED) is 0.593. The number of fused-ring (bicyclic) bond motifs is 1. The first-order chi connectivity index (χ1) is 8.15. The van der Waals surface area contributed by atoms with E-state index >= 15 is 0 Å². The Kier molecular flexibility index (Phi) is 2.83. The summed E-state index contributed by atoms with van der Waals surface area (Å²) in [6.07, 6.45) is 0. The normalized spacial score (nSPS) is 11.2. The summed E-state index contributed by atoms with van der Waals surface area (Å²) >= 11 is 10.6. The van der Waals surface area contributed by atoms with Crippen LogP contribution in [0, 0.1) is 6.92 Å². The molecular weight excluding hydrogens is 292 g/mol. The predicted molar refractivity (Wildman–Crippen MR) is 77.2 cm³/mol. The van der Waals surface area contributed by atoms with E-state index in [1.165, 1.54) is 20.7 Å². The largest absolute Gasteiger partial charge is 0.287 e. The standard InChI is InChI=1S/C12H7ClOS3/c1-6-4-9(17-12(6)13)11(14)10-5-8-7(16-10)2-3-15-8/h2-5H,1H3. The van der Waals surface area contributed by atoms with Gasteiger partial charge in [-0.2, -0.15) is 0 Å². The van der Waals surface area contributed by atoms with Crippen LogP contribution in [0.15, 0.2) is 23.6 Å². The summed E-state index contributed by atoms with van der Waals surface area (Å²) in [5, 5.41) is 2.04. The summed E-state index contributed by atoms with van der Waals surface area (Å²) in [6.45, 7) is 1.92. The number of halogens is 1. The molecule has 0 spiro atoms. The maximum absolute atomic E-state index is 12.2. The molecule has 0 bridgehead atoms. The molecule has 0 amide bonds. The molecule has 0 saturated heterocycles. The number of ketones is 1. The number of hydrogen-bond donors (Lipinski definition) is 0. The molecule has 3 heterocycles. The van der Waals surface area contributed by atoms with Crippen molar-refractivity contribution in [2.45, 2.75) is 6.92 Å². The molecule has 0 unspecified atom stereocenters. The average Bonchev–Trinajstić information content (AvgIpc) is 2.92. The highest BCUT2D eigenvalue weighted by atomic mass is 35.5. The van der Waals surface area contributed by atoms with E-state index in [2.05, 4.69) is 0 Å². The molecule has 0 N–H and O–H groups in total. The summed E-state index contributed by atoms with van der Waals surface area (Å²) in [4.78, 5) is 13.8. The maximum Gasteiger partial charge on any atom is 0.212 e. The lowest BCUT2D eigenvalue weighted by Crippen LogP contribution is -1.93. The van der Waals surface area contributed by atoms with Crippen molar-refractivity contribution in [1.29, 1.82) is 0 Å². The summed E-state index contributed by atoms with van der Waals surface area (Å²) < 4.78 is 3.06. The molecule has 86 valence electrons. The Labute approximate surface area is 115 Å². The van der Waals surface area contributed by atoms with Crippen molar-refractivity contribution < 1.29 is 4.79 Å². The smallest absolute Gasteiger partial charge is 0.212 e. The highest BCUT2D eigenvalue weighted by molar-refractivity contribution is 7.28. The van der Waals surface area contributed by atoms with Gasteiger partial charge in [0.05, 0.1) is 14.1 Å². The summed E-state index contributed by atoms with van der Waals surface area (Å²) in [7, 11) is 0. The van der Waals surface area contributed by atoms with E-state index in [4.69, 9.17) is 11.6 Å². The summed E-state index contributed by atoms with van der Waals surface area (Å²) in [5.41, 5.74) is 0.971. The van der Waals surface area contributed by atoms with E-state index in [0.29, 0.717) is 4.34 Å². The SMILES string of the molecule is Cc1cc(C(=O)c2cc3sccc3s2)sc1Cl. The van der Waals surface area contributed by atoms with Crippen LogP contribution in [0.2, 0.25) is 4.34 Å². The minimum absolute atomic E-state index is 0.0819. The second-order valence-electron chi connectivity index (χ2n) is 3.66. The molecule has 17 heavy (non-hydrogen) atoms.